The maximum Gasteiger partial charge on any atom is 0.115 e. The molecule has 0 radical (unpaired) electrons. The van der Waals surface area contributed by atoms with Gasteiger partial charge in [0.05, 0.1) is 0 Å². The van der Waals surface area contributed by atoms with Crippen LogP contribution >= 0.6 is 0 Å². The van der Waals surface area contributed by atoms with Gasteiger partial charge in [-0.25, -0.2) is 0 Å². The molecule has 0 aliphatic rings. The molecule has 0 amide bonds. The van der Waals surface area contributed by atoms with Crippen molar-refractivity contribution in [1.29, 1.82) is 0 Å². The molecular weight excluding hydrogens is 420 g/mol. The molecule has 3 N–H and O–H groups in total. The van der Waals surface area contributed by atoms with Crippen LogP contribution < -0.4 is 0 Å². The predicted octanol–water partition coefficient (Wildman–Crippen LogP) is 7.26. The first kappa shape index (κ1) is 23.4. The van der Waals surface area contributed by atoms with Crippen LogP contribution in [-0.4, -0.2) is 15.3 Å². The molecule has 34 heavy (non-hydrogen) atoms. The van der Waals surface area contributed by atoms with Gasteiger partial charge in [-0.2, -0.15) is 0 Å². The number of phenols is 3. The van der Waals surface area contributed by atoms with Gasteiger partial charge in [0.15, 0.2) is 0 Å². The fourth-order valence-electron chi connectivity index (χ4n) is 5.02. The lowest BCUT2D eigenvalue weighted by Gasteiger charge is -2.37. The Hall–Kier alpha value is -3.72. The summed E-state index contributed by atoms with van der Waals surface area (Å²) in [6.45, 7) is 6.55. The van der Waals surface area contributed by atoms with E-state index in [2.05, 4.69) is 45.0 Å². The third-order valence-electron chi connectivity index (χ3n) is 7.03. The van der Waals surface area contributed by atoms with Crippen molar-refractivity contribution in [2.45, 2.75) is 44.4 Å². The van der Waals surface area contributed by atoms with Gasteiger partial charge in [-0.05, 0) is 70.6 Å². The second-order valence-electron chi connectivity index (χ2n) is 9.50. The second-order valence-corrected chi connectivity index (χ2v) is 9.50. The van der Waals surface area contributed by atoms with Gasteiger partial charge in [0.1, 0.15) is 17.2 Å². The quantitative estimate of drug-likeness (QED) is 0.259. The molecule has 4 rings (SSSR count). The van der Waals surface area contributed by atoms with Crippen LogP contribution in [0.1, 0.15) is 61.4 Å². The van der Waals surface area contributed by atoms with Gasteiger partial charge in [0, 0.05) is 10.8 Å². The Morgan fingerprint density at radius 1 is 0.471 bits per heavy atom. The molecule has 0 spiro atoms. The average molecular weight is 453 g/mol. The van der Waals surface area contributed by atoms with E-state index >= 15 is 0 Å². The predicted molar refractivity (Wildman–Crippen MR) is 138 cm³/mol. The van der Waals surface area contributed by atoms with Gasteiger partial charge in [-0.1, -0.05) is 87.9 Å². The lowest BCUT2D eigenvalue weighted by Crippen LogP contribution is -2.29. The number of hydrogen-bond donors (Lipinski definition) is 3. The minimum Gasteiger partial charge on any atom is -0.508 e. The van der Waals surface area contributed by atoms with E-state index in [4.69, 9.17) is 0 Å². The minimum absolute atomic E-state index is 0.225. The fourth-order valence-corrected chi connectivity index (χ4v) is 5.02. The third kappa shape index (κ3) is 4.26. The monoisotopic (exact) mass is 452 g/mol. The van der Waals surface area contributed by atoms with E-state index in [1.54, 1.807) is 36.4 Å². The summed E-state index contributed by atoms with van der Waals surface area (Å²) < 4.78 is 0. The van der Waals surface area contributed by atoms with Crippen LogP contribution in [0.15, 0.2) is 97.1 Å². The van der Waals surface area contributed by atoms with Crippen molar-refractivity contribution in [3.63, 3.8) is 0 Å². The molecule has 0 heterocycles. The number of benzene rings is 4. The molecule has 3 heteroatoms. The minimum atomic E-state index is -0.419. The molecular formula is C31H32O3. The maximum atomic E-state index is 9.93. The number of hydrogen-bond acceptors (Lipinski definition) is 3. The Kier molecular flexibility index (Phi) is 6.39. The lowest BCUT2D eigenvalue weighted by atomic mass is 9.66. The summed E-state index contributed by atoms with van der Waals surface area (Å²) in [6, 6.07) is 31.1. The van der Waals surface area contributed by atoms with E-state index in [0.717, 1.165) is 35.1 Å². The Bertz CT molecular complexity index is 1170. The Labute approximate surface area is 202 Å². The van der Waals surface area contributed by atoms with Gasteiger partial charge in [-0.3, -0.25) is 0 Å². The lowest BCUT2D eigenvalue weighted by molar-refractivity contribution is 0.472. The normalized spacial score (nSPS) is 12.0. The van der Waals surface area contributed by atoms with Crippen molar-refractivity contribution < 1.29 is 15.3 Å². The van der Waals surface area contributed by atoms with Crippen LogP contribution in [0.4, 0.5) is 0 Å². The van der Waals surface area contributed by atoms with E-state index in [1.807, 2.05) is 36.4 Å². The fraction of sp³-hybridized carbons (Fsp3) is 0.226. The van der Waals surface area contributed by atoms with E-state index in [-0.39, 0.29) is 22.7 Å². The van der Waals surface area contributed by atoms with Crippen molar-refractivity contribution in [2.75, 3.05) is 0 Å². The first-order valence-electron chi connectivity index (χ1n) is 11.8. The van der Waals surface area contributed by atoms with E-state index in [0.29, 0.717) is 0 Å². The second kappa shape index (κ2) is 9.26. The summed E-state index contributed by atoms with van der Waals surface area (Å²) in [5, 5.41) is 29.6. The molecule has 0 atom stereocenters. The van der Waals surface area contributed by atoms with E-state index in [9.17, 15) is 15.3 Å². The molecule has 0 aliphatic carbocycles. The van der Waals surface area contributed by atoms with Gasteiger partial charge in [-0.15, -0.1) is 0 Å². The average Bonchev–Trinajstić information content (AvgIpc) is 2.84. The van der Waals surface area contributed by atoms with Crippen molar-refractivity contribution in [3.8, 4) is 17.2 Å². The summed E-state index contributed by atoms with van der Waals surface area (Å²) in [7, 11) is 0. The van der Waals surface area contributed by atoms with Crippen LogP contribution in [0, 0.1) is 0 Å². The summed E-state index contributed by atoms with van der Waals surface area (Å²) in [6.07, 6.45) is 1.84. The smallest absolute Gasteiger partial charge is 0.115 e. The molecule has 4 aromatic carbocycles. The SMILES string of the molecule is CCCC(c1ccc(O)cc1)(c1ccc(O)cc1)c1ccc(C(C)(C)c2ccc(O)cc2)cc1. The highest BCUT2D eigenvalue weighted by Crippen LogP contribution is 2.44. The molecule has 0 aliphatic heterocycles. The molecule has 0 saturated heterocycles. The molecule has 174 valence electrons. The largest absolute Gasteiger partial charge is 0.508 e. The van der Waals surface area contributed by atoms with Crippen LogP contribution in [0.3, 0.4) is 0 Å². The molecule has 0 saturated carbocycles. The van der Waals surface area contributed by atoms with Gasteiger partial charge in [0.25, 0.3) is 0 Å². The highest BCUT2D eigenvalue weighted by atomic mass is 16.3. The van der Waals surface area contributed by atoms with Crippen molar-refractivity contribution in [3.05, 3.63) is 125 Å². The van der Waals surface area contributed by atoms with Crippen LogP contribution in [0.2, 0.25) is 0 Å². The highest BCUT2D eigenvalue weighted by Gasteiger charge is 2.36. The Morgan fingerprint density at radius 3 is 1.06 bits per heavy atom. The van der Waals surface area contributed by atoms with Gasteiger partial charge < -0.3 is 15.3 Å². The van der Waals surface area contributed by atoms with E-state index in [1.165, 1.54) is 5.56 Å². The number of aromatic hydroxyl groups is 3. The van der Waals surface area contributed by atoms with Crippen molar-refractivity contribution in [1.82, 2.24) is 0 Å². The van der Waals surface area contributed by atoms with Crippen LogP contribution in [0.25, 0.3) is 0 Å². The number of phenolic OH excluding ortho intramolecular Hbond substituents is 3. The zero-order valence-corrected chi connectivity index (χ0v) is 20.0. The molecule has 0 bridgehead atoms. The summed E-state index contributed by atoms with van der Waals surface area (Å²) >= 11 is 0. The zero-order chi connectivity index (χ0) is 24.3. The van der Waals surface area contributed by atoms with Crippen molar-refractivity contribution >= 4 is 0 Å². The maximum absolute atomic E-state index is 9.93. The molecule has 0 fully saturated rings. The molecule has 3 nitrogen and oxygen atoms in total. The topological polar surface area (TPSA) is 60.7 Å². The first-order valence-corrected chi connectivity index (χ1v) is 11.8. The number of rotatable bonds is 7. The summed E-state index contributed by atoms with van der Waals surface area (Å²) in [4.78, 5) is 0. The molecule has 0 unspecified atom stereocenters. The summed E-state index contributed by atoms with van der Waals surface area (Å²) in [5.74, 6) is 0.749. The third-order valence-corrected chi connectivity index (χ3v) is 7.03. The van der Waals surface area contributed by atoms with Crippen LogP contribution in [-0.2, 0) is 10.8 Å². The zero-order valence-electron chi connectivity index (χ0n) is 20.0. The summed E-state index contributed by atoms with van der Waals surface area (Å²) in [5.41, 5.74) is 5.04. The molecule has 4 aromatic rings. The Balaban J connectivity index is 1.85. The Morgan fingerprint density at radius 2 is 0.735 bits per heavy atom. The van der Waals surface area contributed by atoms with E-state index < -0.39 is 5.41 Å². The highest BCUT2D eigenvalue weighted by molar-refractivity contribution is 5.53. The first-order chi connectivity index (χ1) is 16.3. The van der Waals surface area contributed by atoms with Gasteiger partial charge in [0.2, 0.25) is 0 Å². The van der Waals surface area contributed by atoms with Crippen molar-refractivity contribution in [2.24, 2.45) is 0 Å². The van der Waals surface area contributed by atoms with Gasteiger partial charge >= 0.3 is 0 Å². The standard InChI is InChI=1S/C31H32O3/c1-4-21-31(25-11-17-28(33)18-12-25,26-13-19-29(34)20-14-26)24-7-5-22(6-8-24)30(2,3)23-9-15-27(32)16-10-23/h5-20,32-34H,4,21H2,1-3H3. The molecule has 0 aromatic heterocycles. The van der Waals surface area contributed by atoms with Crippen LogP contribution in [0.5, 0.6) is 17.2 Å².